The van der Waals surface area contributed by atoms with E-state index < -0.39 is 10.0 Å². The minimum atomic E-state index is -3.62. The zero-order chi connectivity index (χ0) is 23.6. The summed E-state index contributed by atoms with van der Waals surface area (Å²) in [4.78, 5) is 21.8. The molecule has 1 saturated heterocycles. The minimum absolute atomic E-state index is 0. The Hall–Kier alpha value is -1.79. The second-order valence-corrected chi connectivity index (χ2v) is 11.3. The van der Waals surface area contributed by atoms with Gasteiger partial charge in [0.1, 0.15) is 0 Å². The van der Waals surface area contributed by atoms with Crippen molar-refractivity contribution in [2.45, 2.75) is 4.90 Å². The molecule has 0 spiro atoms. The van der Waals surface area contributed by atoms with Crippen LogP contribution in [0.25, 0.3) is 10.2 Å². The predicted octanol–water partition coefficient (Wildman–Crippen LogP) is 3.60. The van der Waals surface area contributed by atoms with E-state index in [-0.39, 0.29) is 23.2 Å². The fraction of sp³-hybridized carbons (Fsp3) is 0.364. The van der Waals surface area contributed by atoms with Gasteiger partial charge in [0.2, 0.25) is 10.0 Å². The topological polar surface area (TPSA) is 83.1 Å². The summed E-state index contributed by atoms with van der Waals surface area (Å²) >= 11 is 7.51. The van der Waals surface area contributed by atoms with Gasteiger partial charge in [0.15, 0.2) is 5.13 Å². The molecule has 34 heavy (non-hydrogen) atoms. The van der Waals surface area contributed by atoms with E-state index in [2.05, 4.69) is 4.98 Å². The quantitative estimate of drug-likeness (QED) is 0.451. The van der Waals surface area contributed by atoms with Gasteiger partial charge < -0.3 is 9.64 Å². The SMILES string of the molecule is CN(C)CCN(C(=O)c1ccc(S(=O)(=O)N2CCOCC2)cc1)c1nc2ccc(Cl)cc2s1.Cl. The van der Waals surface area contributed by atoms with Gasteiger partial charge in [0, 0.05) is 36.8 Å². The van der Waals surface area contributed by atoms with Crippen LogP contribution in [-0.2, 0) is 14.8 Å². The van der Waals surface area contributed by atoms with Gasteiger partial charge in [-0.25, -0.2) is 13.4 Å². The maximum absolute atomic E-state index is 13.4. The summed E-state index contributed by atoms with van der Waals surface area (Å²) in [5, 5.41) is 1.19. The van der Waals surface area contributed by atoms with Crippen LogP contribution in [0.3, 0.4) is 0 Å². The Morgan fingerprint density at radius 3 is 2.44 bits per heavy atom. The van der Waals surface area contributed by atoms with Gasteiger partial charge in [-0.15, -0.1) is 12.4 Å². The van der Waals surface area contributed by atoms with Gasteiger partial charge in [0.05, 0.1) is 28.3 Å². The first-order valence-corrected chi connectivity index (χ1v) is 13.1. The Morgan fingerprint density at radius 1 is 1.12 bits per heavy atom. The Balaban J connectivity index is 0.00000324. The Bertz CT molecular complexity index is 1240. The smallest absolute Gasteiger partial charge is 0.260 e. The molecular weight excluding hydrogens is 519 g/mol. The van der Waals surface area contributed by atoms with Crippen LogP contribution in [0.5, 0.6) is 0 Å². The second-order valence-electron chi connectivity index (χ2n) is 7.91. The number of hydrogen-bond donors (Lipinski definition) is 0. The molecule has 0 saturated carbocycles. The zero-order valence-corrected chi connectivity index (χ0v) is 22.0. The van der Waals surface area contributed by atoms with Crippen LogP contribution in [0.15, 0.2) is 47.4 Å². The number of carbonyl (C=O) groups is 1. The molecule has 2 aromatic carbocycles. The number of carbonyl (C=O) groups excluding carboxylic acids is 1. The lowest BCUT2D eigenvalue weighted by atomic mass is 10.2. The average molecular weight is 546 g/mol. The molecule has 1 aliphatic heterocycles. The van der Waals surface area contributed by atoms with Gasteiger partial charge in [-0.1, -0.05) is 22.9 Å². The Morgan fingerprint density at radius 2 is 1.79 bits per heavy atom. The van der Waals surface area contributed by atoms with E-state index in [0.717, 1.165) is 10.2 Å². The number of likely N-dealkylation sites (N-methyl/N-ethyl adjacent to an activating group) is 1. The van der Waals surface area contributed by atoms with E-state index in [1.807, 2.05) is 31.1 Å². The van der Waals surface area contributed by atoms with E-state index >= 15 is 0 Å². The lowest BCUT2D eigenvalue weighted by molar-refractivity contribution is 0.0730. The van der Waals surface area contributed by atoms with Crippen LogP contribution in [0, 0.1) is 0 Å². The molecule has 8 nitrogen and oxygen atoms in total. The fourth-order valence-corrected chi connectivity index (χ4v) is 6.12. The number of sulfonamides is 1. The van der Waals surface area contributed by atoms with Crippen LogP contribution in [0.1, 0.15) is 10.4 Å². The first-order chi connectivity index (χ1) is 15.8. The Kier molecular flexibility index (Phi) is 8.91. The predicted molar refractivity (Wildman–Crippen MR) is 138 cm³/mol. The third-order valence-electron chi connectivity index (χ3n) is 5.30. The van der Waals surface area contributed by atoms with Gasteiger partial charge >= 0.3 is 0 Å². The standard InChI is InChI=1S/C22H25ClN4O4S2.ClH/c1-25(2)9-10-27(22-24-19-8-5-17(23)15-20(19)32-22)21(28)16-3-6-18(7-4-16)33(29,30)26-11-13-31-14-12-26;/h3-8,15H,9-14H2,1-2H3;1H. The maximum Gasteiger partial charge on any atom is 0.260 e. The molecule has 12 heteroatoms. The van der Waals surface area contributed by atoms with Crippen LogP contribution in [-0.4, -0.2) is 82.0 Å². The number of halogens is 2. The number of hydrogen-bond acceptors (Lipinski definition) is 7. The van der Waals surface area contributed by atoms with Gasteiger partial charge in [-0.05, 0) is 56.6 Å². The van der Waals surface area contributed by atoms with Crippen LogP contribution in [0.2, 0.25) is 5.02 Å². The Labute approximate surface area is 214 Å². The number of aromatic nitrogens is 1. The molecule has 184 valence electrons. The monoisotopic (exact) mass is 544 g/mol. The summed E-state index contributed by atoms with van der Waals surface area (Å²) in [5.41, 5.74) is 1.17. The minimum Gasteiger partial charge on any atom is -0.379 e. The molecule has 0 aliphatic carbocycles. The normalized spacial score (nSPS) is 14.8. The average Bonchev–Trinajstić information content (AvgIpc) is 3.22. The van der Waals surface area contributed by atoms with E-state index in [1.54, 1.807) is 23.1 Å². The number of morpholine rings is 1. The van der Waals surface area contributed by atoms with Crippen molar-refractivity contribution in [2.24, 2.45) is 0 Å². The fourth-order valence-electron chi connectivity index (χ4n) is 3.45. The van der Waals surface area contributed by atoms with Crippen molar-refractivity contribution in [1.29, 1.82) is 0 Å². The van der Waals surface area contributed by atoms with Crippen molar-refractivity contribution >= 4 is 66.6 Å². The highest BCUT2D eigenvalue weighted by Gasteiger charge is 2.27. The molecule has 0 N–H and O–H groups in total. The summed E-state index contributed by atoms with van der Waals surface area (Å²) in [6.45, 7) is 2.49. The lowest BCUT2D eigenvalue weighted by Gasteiger charge is -2.26. The van der Waals surface area contributed by atoms with Crippen molar-refractivity contribution in [1.82, 2.24) is 14.2 Å². The number of rotatable bonds is 7. The number of amides is 1. The van der Waals surface area contributed by atoms with Gasteiger partial charge in [0.25, 0.3) is 5.91 Å². The van der Waals surface area contributed by atoms with Crippen molar-refractivity contribution < 1.29 is 17.9 Å². The molecule has 0 bridgehead atoms. The number of nitrogens with zero attached hydrogens (tertiary/aromatic N) is 4. The van der Waals surface area contributed by atoms with Gasteiger partial charge in [-0.2, -0.15) is 4.31 Å². The zero-order valence-electron chi connectivity index (χ0n) is 18.8. The second kappa shape index (κ2) is 11.3. The first-order valence-electron chi connectivity index (χ1n) is 10.5. The highest BCUT2D eigenvalue weighted by Crippen LogP contribution is 2.31. The number of fused-ring (bicyclic) bond motifs is 1. The van der Waals surface area contributed by atoms with Crippen molar-refractivity contribution in [3.05, 3.63) is 53.1 Å². The number of benzene rings is 2. The maximum atomic E-state index is 13.4. The third kappa shape index (κ3) is 5.88. The molecule has 4 rings (SSSR count). The largest absolute Gasteiger partial charge is 0.379 e. The number of thiazole rings is 1. The van der Waals surface area contributed by atoms with Crippen molar-refractivity contribution in [3.8, 4) is 0 Å². The van der Waals surface area contributed by atoms with Crippen LogP contribution in [0.4, 0.5) is 5.13 Å². The van der Waals surface area contributed by atoms with E-state index in [1.165, 1.54) is 27.8 Å². The van der Waals surface area contributed by atoms with Crippen LogP contribution >= 0.6 is 35.3 Å². The molecule has 1 aliphatic rings. The van der Waals surface area contributed by atoms with Gasteiger partial charge in [-0.3, -0.25) is 9.69 Å². The first kappa shape index (κ1) is 26.8. The molecule has 1 aromatic heterocycles. The van der Waals surface area contributed by atoms with Crippen LogP contribution < -0.4 is 4.90 Å². The lowest BCUT2D eigenvalue weighted by Crippen LogP contribution is -2.40. The van der Waals surface area contributed by atoms with E-state index in [4.69, 9.17) is 16.3 Å². The van der Waals surface area contributed by atoms with Crippen molar-refractivity contribution in [3.63, 3.8) is 0 Å². The molecule has 0 unspecified atom stereocenters. The van der Waals surface area contributed by atoms with Crippen molar-refractivity contribution in [2.75, 3.05) is 58.4 Å². The highest BCUT2D eigenvalue weighted by atomic mass is 35.5. The molecule has 1 amide bonds. The molecule has 0 atom stereocenters. The van der Waals surface area contributed by atoms with E-state index in [0.29, 0.717) is 55.1 Å². The summed E-state index contributed by atoms with van der Waals surface area (Å²) in [7, 11) is 0.252. The number of anilines is 1. The summed E-state index contributed by atoms with van der Waals surface area (Å²) in [6, 6.07) is 11.5. The summed E-state index contributed by atoms with van der Waals surface area (Å²) < 4.78 is 33.3. The number of ether oxygens (including phenoxy) is 1. The molecule has 3 aromatic rings. The van der Waals surface area contributed by atoms with E-state index in [9.17, 15) is 13.2 Å². The summed E-state index contributed by atoms with van der Waals surface area (Å²) in [5.74, 6) is -0.239. The summed E-state index contributed by atoms with van der Waals surface area (Å²) in [6.07, 6.45) is 0. The molecular formula is C22H26Cl2N4O4S2. The molecule has 0 radical (unpaired) electrons. The molecule has 2 heterocycles. The highest BCUT2D eigenvalue weighted by molar-refractivity contribution is 7.89. The third-order valence-corrected chi connectivity index (χ3v) is 8.48. The molecule has 1 fully saturated rings.